The lowest BCUT2D eigenvalue weighted by atomic mass is 10.1. The Morgan fingerprint density at radius 3 is 2.66 bits per heavy atom. The first kappa shape index (κ1) is 21.8. The molecule has 1 atom stereocenters. The van der Waals surface area contributed by atoms with Crippen LogP contribution in [0.3, 0.4) is 0 Å². The third-order valence-corrected chi connectivity index (χ3v) is 6.02. The summed E-state index contributed by atoms with van der Waals surface area (Å²) in [6, 6.07) is 12.4. The summed E-state index contributed by atoms with van der Waals surface area (Å²) in [7, 11) is 2.02. The topological polar surface area (TPSA) is 75.0 Å². The maximum atomic E-state index is 15.1. The molecule has 0 saturated carbocycles. The Morgan fingerprint density at radius 2 is 1.97 bits per heavy atom. The normalized spacial score (nSPS) is 17.0. The quantitative estimate of drug-likeness (QED) is 0.636. The number of anilines is 1. The van der Waals surface area contributed by atoms with Gasteiger partial charge in [-0.3, -0.25) is 9.69 Å². The molecule has 4 rings (SSSR count). The number of carbonyl (C=O) groups is 1. The molecule has 168 valence electrons. The third-order valence-electron chi connectivity index (χ3n) is 6.02. The van der Waals surface area contributed by atoms with Crippen LogP contribution < -0.4 is 15.1 Å². The maximum Gasteiger partial charge on any atom is 0.341 e. The zero-order valence-corrected chi connectivity index (χ0v) is 18.1. The van der Waals surface area contributed by atoms with Crippen molar-refractivity contribution in [3.05, 3.63) is 70.3 Å². The van der Waals surface area contributed by atoms with Crippen molar-refractivity contribution < 1.29 is 19.0 Å². The van der Waals surface area contributed by atoms with Crippen LogP contribution in [0.4, 0.5) is 10.1 Å². The standard InChI is InChI=1S/C24H26FN3O4/c1-3-27-14-19(24(30)31)23(29)18-11-20(25)22(12-21(18)27)28-10-9-26(2)16(13-28)15-32-17-7-5-4-6-8-17/h4-8,11-12,14,16H,3,9-10,13,15H2,1-2H3,(H,30,31). The SMILES string of the molecule is CCn1cc(C(=O)O)c(=O)c2cc(F)c(N3CCN(C)C(COc4ccccc4)C3)cc21. The van der Waals surface area contributed by atoms with Crippen molar-refractivity contribution in [2.45, 2.75) is 19.5 Å². The second-order valence-corrected chi connectivity index (χ2v) is 7.99. The van der Waals surface area contributed by atoms with Crippen LogP contribution in [0.15, 0.2) is 53.5 Å². The van der Waals surface area contributed by atoms with Gasteiger partial charge in [-0.05, 0) is 38.2 Å². The molecule has 0 spiro atoms. The second kappa shape index (κ2) is 9.00. The molecule has 8 heteroatoms. The van der Waals surface area contributed by atoms with E-state index in [1.807, 2.05) is 49.2 Å². The first-order valence-corrected chi connectivity index (χ1v) is 10.6. The Labute approximate surface area is 185 Å². The molecule has 1 unspecified atom stereocenters. The summed E-state index contributed by atoms with van der Waals surface area (Å²) in [6.07, 6.45) is 1.33. The highest BCUT2D eigenvalue weighted by atomic mass is 19.1. The van der Waals surface area contributed by atoms with E-state index in [1.165, 1.54) is 12.3 Å². The van der Waals surface area contributed by atoms with Crippen LogP contribution in [-0.4, -0.2) is 59.9 Å². The molecule has 2 aromatic carbocycles. The van der Waals surface area contributed by atoms with E-state index in [1.54, 1.807) is 10.6 Å². The van der Waals surface area contributed by atoms with Crippen LogP contribution in [0.25, 0.3) is 10.9 Å². The number of aromatic carboxylic acids is 1. The summed E-state index contributed by atoms with van der Waals surface area (Å²) in [5.41, 5.74) is -0.103. The lowest BCUT2D eigenvalue weighted by molar-refractivity contribution is 0.0695. The number of hydrogen-bond acceptors (Lipinski definition) is 5. The average Bonchev–Trinajstić information content (AvgIpc) is 2.79. The van der Waals surface area contributed by atoms with Crippen LogP contribution >= 0.6 is 0 Å². The molecule has 1 aliphatic heterocycles. The molecule has 1 aliphatic rings. The van der Waals surface area contributed by atoms with Crippen molar-refractivity contribution in [2.24, 2.45) is 0 Å². The Hall–Kier alpha value is -3.39. The number of hydrogen-bond donors (Lipinski definition) is 1. The van der Waals surface area contributed by atoms with Crippen LogP contribution in [0, 0.1) is 5.82 Å². The van der Waals surface area contributed by atoms with E-state index in [2.05, 4.69) is 4.90 Å². The fourth-order valence-electron chi connectivity index (χ4n) is 4.11. The number of aromatic nitrogens is 1. The number of fused-ring (bicyclic) bond motifs is 1. The average molecular weight is 439 g/mol. The van der Waals surface area contributed by atoms with E-state index in [9.17, 15) is 14.7 Å². The number of nitrogens with zero attached hydrogens (tertiary/aromatic N) is 3. The highest BCUT2D eigenvalue weighted by Crippen LogP contribution is 2.27. The summed E-state index contributed by atoms with van der Waals surface area (Å²) in [6.45, 7) is 4.70. The first-order valence-electron chi connectivity index (χ1n) is 10.6. The van der Waals surface area contributed by atoms with Gasteiger partial charge < -0.3 is 19.3 Å². The minimum absolute atomic E-state index is 0.0572. The number of piperazine rings is 1. The number of pyridine rings is 1. The molecule has 1 fully saturated rings. The largest absolute Gasteiger partial charge is 0.492 e. The number of aryl methyl sites for hydroxylation is 1. The summed E-state index contributed by atoms with van der Waals surface area (Å²) in [5, 5.41) is 9.40. The Bertz CT molecular complexity index is 1200. The number of benzene rings is 2. The third kappa shape index (κ3) is 4.18. The molecular formula is C24H26FN3O4. The predicted molar refractivity (Wildman–Crippen MR) is 121 cm³/mol. The highest BCUT2D eigenvalue weighted by Gasteiger charge is 2.27. The molecule has 7 nitrogen and oxygen atoms in total. The van der Waals surface area contributed by atoms with Crippen LogP contribution in [0.2, 0.25) is 0 Å². The second-order valence-electron chi connectivity index (χ2n) is 7.99. The highest BCUT2D eigenvalue weighted by molar-refractivity contribution is 5.93. The van der Waals surface area contributed by atoms with E-state index in [4.69, 9.17) is 4.74 Å². The van der Waals surface area contributed by atoms with E-state index >= 15 is 4.39 Å². The molecule has 1 saturated heterocycles. The van der Waals surface area contributed by atoms with Gasteiger partial charge in [-0.15, -0.1) is 0 Å². The van der Waals surface area contributed by atoms with Gasteiger partial charge in [0, 0.05) is 37.8 Å². The first-order chi connectivity index (χ1) is 15.4. The minimum atomic E-state index is -1.32. The maximum absolute atomic E-state index is 15.1. The van der Waals surface area contributed by atoms with Gasteiger partial charge in [-0.2, -0.15) is 0 Å². The lowest BCUT2D eigenvalue weighted by Crippen LogP contribution is -2.54. The number of carboxylic acid groups (broad SMARTS) is 1. The van der Waals surface area contributed by atoms with Crippen LogP contribution in [0.1, 0.15) is 17.3 Å². The van der Waals surface area contributed by atoms with Crippen LogP contribution in [0.5, 0.6) is 5.75 Å². The summed E-state index contributed by atoms with van der Waals surface area (Å²) in [5.74, 6) is -1.06. The smallest absolute Gasteiger partial charge is 0.341 e. The fourth-order valence-corrected chi connectivity index (χ4v) is 4.11. The molecule has 32 heavy (non-hydrogen) atoms. The molecule has 0 radical (unpaired) electrons. The van der Waals surface area contributed by atoms with Crippen molar-refractivity contribution in [3.8, 4) is 5.75 Å². The number of likely N-dealkylation sites (N-methyl/N-ethyl adjacent to an activating group) is 1. The Kier molecular flexibility index (Phi) is 6.14. The number of carboxylic acids is 1. The van der Waals surface area contributed by atoms with Crippen LogP contribution in [-0.2, 0) is 6.54 Å². The lowest BCUT2D eigenvalue weighted by Gasteiger charge is -2.40. The van der Waals surface area contributed by atoms with E-state index in [0.29, 0.717) is 37.4 Å². The van der Waals surface area contributed by atoms with Gasteiger partial charge in [0.15, 0.2) is 0 Å². The minimum Gasteiger partial charge on any atom is -0.492 e. The molecule has 2 heterocycles. The number of ether oxygens (including phenoxy) is 1. The van der Waals surface area contributed by atoms with Gasteiger partial charge >= 0.3 is 5.97 Å². The summed E-state index contributed by atoms with van der Waals surface area (Å²) >= 11 is 0. The summed E-state index contributed by atoms with van der Waals surface area (Å²) < 4.78 is 22.7. The molecule has 1 N–H and O–H groups in total. The summed E-state index contributed by atoms with van der Waals surface area (Å²) in [4.78, 5) is 28.2. The molecule has 0 amide bonds. The number of rotatable bonds is 6. The predicted octanol–water partition coefficient (Wildman–Crippen LogP) is 3.06. The molecule has 0 bridgehead atoms. The van der Waals surface area contributed by atoms with Crippen molar-refractivity contribution in [1.82, 2.24) is 9.47 Å². The van der Waals surface area contributed by atoms with Crippen molar-refractivity contribution >= 4 is 22.6 Å². The van der Waals surface area contributed by atoms with E-state index < -0.39 is 17.2 Å². The monoisotopic (exact) mass is 439 g/mol. The van der Waals surface area contributed by atoms with Crippen molar-refractivity contribution in [1.29, 1.82) is 0 Å². The van der Waals surface area contributed by atoms with Gasteiger partial charge in [-0.25, -0.2) is 9.18 Å². The van der Waals surface area contributed by atoms with Gasteiger partial charge in [0.2, 0.25) is 5.43 Å². The van der Waals surface area contributed by atoms with Gasteiger partial charge in [-0.1, -0.05) is 18.2 Å². The molecular weight excluding hydrogens is 413 g/mol. The Morgan fingerprint density at radius 1 is 1.22 bits per heavy atom. The molecule has 0 aliphatic carbocycles. The van der Waals surface area contributed by atoms with Crippen molar-refractivity contribution in [3.63, 3.8) is 0 Å². The molecule has 3 aromatic rings. The van der Waals surface area contributed by atoms with E-state index in [0.717, 1.165) is 12.3 Å². The van der Waals surface area contributed by atoms with Gasteiger partial charge in [0.1, 0.15) is 23.7 Å². The number of para-hydroxylation sites is 1. The van der Waals surface area contributed by atoms with Gasteiger partial charge in [0.25, 0.3) is 0 Å². The van der Waals surface area contributed by atoms with E-state index in [-0.39, 0.29) is 17.0 Å². The van der Waals surface area contributed by atoms with Crippen molar-refractivity contribution in [2.75, 3.05) is 38.2 Å². The zero-order valence-electron chi connectivity index (χ0n) is 18.1. The zero-order chi connectivity index (χ0) is 22.8. The van der Waals surface area contributed by atoms with Gasteiger partial charge in [0.05, 0.1) is 17.2 Å². The fraction of sp³-hybridized carbons (Fsp3) is 0.333. The number of halogens is 1. The molecule has 1 aromatic heterocycles. The Balaban J connectivity index is 1.65.